The third kappa shape index (κ3) is 7.91. The van der Waals surface area contributed by atoms with Crippen molar-refractivity contribution in [1.82, 2.24) is 10.6 Å². The van der Waals surface area contributed by atoms with Crippen LogP contribution in [0.25, 0.3) is 0 Å². The van der Waals surface area contributed by atoms with Crippen LogP contribution in [-0.2, 0) is 11.3 Å². The van der Waals surface area contributed by atoms with Crippen LogP contribution >= 0.6 is 34.8 Å². The summed E-state index contributed by atoms with van der Waals surface area (Å²) >= 11 is 17.8. The van der Waals surface area contributed by atoms with Crippen molar-refractivity contribution in [2.75, 3.05) is 0 Å². The second-order valence-electron chi connectivity index (χ2n) is 4.87. The lowest BCUT2D eigenvalue weighted by Crippen LogP contribution is -2.53. The quantitative estimate of drug-likeness (QED) is 0.419. The van der Waals surface area contributed by atoms with Gasteiger partial charge < -0.3 is 5.32 Å². The van der Waals surface area contributed by atoms with Gasteiger partial charge in [-0.3, -0.25) is 10.1 Å². The predicted molar refractivity (Wildman–Crippen MR) is 89.6 cm³/mol. The van der Waals surface area contributed by atoms with Crippen LogP contribution in [0, 0.1) is 0 Å². The van der Waals surface area contributed by atoms with E-state index in [9.17, 15) is 4.79 Å². The monoisotopic (exact) mass is 350 g/mol. The van der Waals surface area contributed by atoms with Crippen molar-refractivity contribution >= 4 is 40.7 Å². The summed E-state index contributed by atoms with van der Waals surface area (Å²) < 4.78 is -1.60. The van der Waals surface area contributed by atoms with Crippen molar-refractivity contribution in [3.05, 3.63) is 35.9 Å². The van der Waals surface area contributed by atoms with Crippen LogP contribution in [0.5, 0.6) is 0 Å². The molecular formula is C15H21Cl3N2O. The molecule has 3 nitrogen and oxygen atoms in total. The lowest BCUT2D eigenvalue weighted by atomic mass is 10.2. The molecule has 0 spiro atoms. The molecule has 0 unspecified atom stereocenters. The molecule has 1 amide bonds. The van der Waals surface area contributed by atoms with E-state index in [1.165, 1.54) is 0 Å². The van der Waals surface area contributed by atoms with Gasteiger partial charge in [0, 0.05) is 13.0 Å². The first kappa shape index (κ1) is 18.6. The maximum absolute atomic E-state index is 11.9. The molecule has 21 heavy (non-hydrogen) atoms. The molecule has 118 valence electrons. The molecule has 0 bridgehead atoms. The molecule has 1 aromatic rings. The molecule has 0 aliphatic heterocycles. The van der Waals surface area contributed by atoms with Crippen LogP contribution in [0.2, 0.25) is 0 Å². The molecule has 1 rings (SSSR count). The first-order valence-electron chi connectivity index (χ1n) is 7.07. The van der Waals surface area contributed by atoms with Crippen molar-refractivity contribution < 1.29 is 4.79 Å². The summed E-state index contributed by atoms with van der Waals surface area (Å²) in [6.45, 7) is 2.60. The third-order valence-electron chi connectivity index (χ3n) is 2.99. The van der Waals surface area contributed by atoms with Gasteiger partial charge in [0.2, 0.25) is 9.70 Å². The molecule has 2 N–H and O–H groups in total. The maximum Gasteiger partial charge on any atom is 0.223 e. The molecule has 0 aliphatic carbocycles. The van der Waals surface area contributed by atoms with Crippen molar-refractivity contribution in [2.24, 2.45) is 0 Å². The average Bonchev–Trinajstić information content (AvgIpc) is 2.43. The first-order chi connectivity index (χ1) is 9.93. The Morgan fingerprint density at radius 1 is 1.19 bits per heavy atom. The topological polar surface area (TPSA) is 41.1 Å². The van der Waals surface area contributed by atoms with Gasteiger partial charge in [-0.1, -0.05) is 84.9 Å². The minimum Gasteiger partial charge on any atom is -0.337 e. The van der Waals surface area contributed by atoms with E-state index < -0.39 is 9.96 Å². The predicted octanol–water partition coefficient (Wildman–Crippen LogP) is 4.17. The summed E-state index contributed by atoms with van der Waals surface area (Å²) in [5.41, 5.74) is 1.05. The highest BCUT2D eigenvalue weighted by Crippen LogP contribution is 2.29. The smallest absolute Gasteiger partial charge is 0.223 e. The SMILES string of the molecule is CCCCCC(=O)N[C@H](NCc1ccccc1)C(Cl)(Cl)Cl. The molecule has 6 heteroatoms. The Morgan fingerprint density at radius 2 is 1.86 bits per heavy atom. The summed E-state index contributed by atoms with van der Waals surface area (Å²) in [6.07, 6.45) is 2.64. The van der Waals surface area contributed by atoms with E-state index >= 15 is 0 Å². The van der Waals surface area contributed by atoms with Gasteiger partial charge in [-0.2, -0.15) is 0 Å². The van der Waals surface area contributed by atoms with Crippen LogP contribution in [0.4, 0.5) is 0 Å². The van der Waals surface area contributed by atoms with Gasteiger partial charge in [-0.25, -0.2) is 0 Å². The molecule has 0 heterocycles. The van der Waals surface area contributed by atoms with Gasteiger partial charge in [0.25, 0.3) is 0 Å². The van der Waals surface area contributed by atoms with Crippen molar-refractivity contribution in [3.8, 4) is 0 Å². The van der Waals surface area contributed by atoms with E-state index in [0.717, 1.165) is 24.8 Å². The fraction of sp³-hybridized carbons (Fsp3) is 0.533. The standard InChI is InChI=1S/C15H21Cl3N2O/c1-2-3-5-10-13(21)20-14(15(16,17)18)19-11-12-8-6-4-7-9-12/h4,6-9,14,19H,2-3,5,10-11H2,1H3,(H,20,21)/t14-/m0/s1. The van der Waals surface area contributed by atoms with Crippen LogP contribution in [-0.4, -0.2) is 15.9 Å². The Kier molecular flexibility index (Phi) is 8.42. The number of amides is 1. The van der Waals surface area contributed by atoms with Gasteiger partial charge in [-0.05, 0) is 12.0 Å². The van der Waals surface area contributed by atoms with E-state index in [2.05, 4.69) is 17.6 Å². The minimum atomic E-state index is -1.60. The number of alkyl halides is 3. The number of carbonyl (C=O) groups is 1. The lowest BCUT2D eigenvalue weighted by Gasteiger charge is -2.26. The summed E-state index contributed by atoms with van der Waals surface area (Å²) in [4.78, 5) is 11.9. The Hall–Kier alpha value is -0.480. The van der Waals surface area contributed by atoms with Crippen LogP contribution < -0.4 is 10.6 Å². The lowest BCUT2D eigenvalue weighted by molar-refractivity contribution is -0.122. The van der Waals surface area contributed by atoms with Gasteiger partial charge in [-0.15, -0.1) is 0 Å². The number of nitrogens with one attached hydrogen (secondary N) is 2. The summed E-state index contributed by atoms with van der Waals surface area (Å²) in [7, 11) is 0. The Bertz CT molecular complexity index is 421. The number of hydrogen-bond acceptors (Lipinski definition) is 2. The highest BCUT2D eigenvalue weighted by atomic mass is 35.6. The molecule has 0 aromatic heterocycles. The van der Waals surface area contributed by atoms with Crippen molar-refractivity contribution in [1.29, 1.82) is 0 Å². The van der Waals surface area contributed by atoms with Gasteiger partial charge >= 0.3 is 0 Å². The van der Waals surface area contributed by atoms with Crippen LogP contribution in [0.1, 0.15) is 38.2 Å². The van der Waals surface area contributed by atoms with Crippen molar-refractivity contribution in [2.45, 2.75) is 49.1 Å². The Balaban J connectivity index is 2.50. The highest BCUT2D eigenvalue weighted by molar-refractivity contribution is 6.68. The maximum atomic E-state index is 11.9. The first-order valence-corrected chi connectivity index (χ1v) is 8.20. The molecule has 0 saturated carbocycles. The average molecular weight is 352 g/mol. The van der Waals surface area contributed by atoms with E-state index in [1.807, 2.05) is 30.3 Å². The van der Waals surface area contributed by atoms with Crippen molar-refractivity contribution in [3.63, 3.8) is 0 Å². The zero-order valence-electron chi connectivity index (χ0n) is 12.0. The van der Waals surface area contributed by atoms with Gasteiger partial charge in [0.05, 0.1) is 0 Å². The Morgan fingerprint density at radius 3 is 2.43 bits per heavy atom. The number of halogens is 3. The molecule has 0 radical (unpaired) electrons. The highest BCUT2D eigenvalue weighted by Gasteiger charge is 2.33. The molecule has 0 aliphatic rings. The van der Waals surface area contributed by atoms with E-state index in [0.29, 0.717) is 13.0 Å². The third-order valence-corrected chi connectivity index (χ3v) is 3.65. The number of benzene rings is 1. The molecule has 1 aromatic carbocycles. The second-order valence-corrected chi connectivity index (χ2v) is 7.23. The summed E-state index contributed by atoms with van der Waals surface area (Å²) in [6, 6.07) is 9.73. The number of hydrogen-bond donors (Lipinski definition) is 2. The van der Waals surface area contributed by atoms with Gasteiger partial charge in [0.1, 0.15) is 6.17 Å². The second kappa shape index (κ2) is 9.52. The molecular weight excluding hydrogens is 331 g/mol. The fourth-order valence-corrected chi connectivity index (χ4v) is 2.23. The zero-order valence-corrected chi connectivity index (χ0v) is 14.3. The summed E-state index contributed by atoms with van der Waals surface area (Å²) in [5, 5.41) is 5.81. The number of unbranched alkanes of at least 4 members (excludes halogenated alkanes) is 2. The Labute approximate surface area is 141 Å². The van der Waals surface area contributed by atoms with Crippen LogP contribution in [0.15, 0.2) is 30.3 Å². The fourth-order valence-electron chi connectivity index (χ4n) is 1.83. The normalized spacial score (nSPS) is 13.0. The largest absolute Gasteiger partial charge is 0.337 e. The summed E-state index contributed by atoms with van der Waals surface area (Å²) in [5.74, 6) is -0.111. The molecule has 0 saturated heterocycles. The minimum absolute atomic E-state index is 0.111. The van der Waals surface area contributed by atoms with E-state index in [4.69, 9.17) is 34.8 Å². The van der Waals surface area contributed by atoms with Gasteiger partial charge in [0.15, 0.2) is 0 Å². The molecule has 1 atom stereocenters. The molecule has 0 fully saturated rings. The number of rotatable bonds is 8. The van der Waals surface area contributed by atoms with E-state index in [1.54, 1.807) is 0 Å². The zero-order chi connectivity index (χ0) is 15.7. The van der Waals surface area contributed by atoms with Crippen LogP contribution in [0.3, 0.4) is 0 Å². The number of carbonyl (C=O) groups excluding carboxylic acids is 1. The van der Waals surface area contributed by atoms with E-state index in [-0.39, 0.29) is 5.91 Å².